The van der Waals surface area contributed by atoms with E-state index in [1.807, 2.05) is 31.5 Å². The van der Waals surface area contributed by atoms with Gasteiger partial charge in [0.1, 0.15) is 12.4 Å². The minimum atomic E-state index is -0.447. The molecule has 0 saturated heterocycles. The normalized spacial score (nSPS) is 18.7. The summed E-state index contributed by atoms with van der Waals surface area (Å²) in [7, 11) is 0. The number of amides is 1. The Morgan fingerprint density at radius 1 is 1.68 bits per heavy atom. The lowest BCUT2D eigenvalue weighted by molar-refractivity contribution is 0.174. The molecular weight excluding hydrogens is 242 g/mol. The summed E-state index contributed by atoms with van der Waals surface area (Å²) in [6.07, 6.45) is 9.09. The van der Waals surface area contributed by atoms with Crippen molar-refractivity contribution in [2.45, 2.75) is 25.7 Å². The van der Waals surface area contributed by atoms with Crippen molar-refractivity contribution >= 4 is 18.1 Å². The average molecular weight is 261 g/mol. The van der Waals surface area contributed by atoms with Gasteiger partial charge in [-0.1, -0.05) is 12.2 Å². The molecule has 0 aromatic carbocycles. The molecule has 0 bridgehead atoms. The van der Waals surface area contributed by atoms with Gasteiger partial charge < -0.3 is 9.72 Å². The first-order valence-electron chi connectivity index (χ1n) is 6.51. The minimum absolute atomic E-state index is 0.287. The number of carbonyl (C=O) groups excluding carboxylic acids is 1. The van der Waals surface area contributed by atoms with Gasteiger partial charge in [0, 0.05) is 12.7 Å². The summed E-state index contributed by atoms with van der Waals surface area (Å²) in [5.41, 5.74) is 1.20. The maximum Gasteiger partial charge on any atom is 0.413 e. The monoisotopic (exact) mass is 261 g/mol. The van der Waals surface area contributed by atoms with Gasteiger partial charge in [-0.05, 0) is 43.5 Å². The molecule has 0 spiro atoms. The van der Waals surface area contributed by atoms with Crippen LogP contribution in [0.1, 0.15) is 31.2 Å². The molecule has 2 rings (SSSR count). The minimum Gasteiger partial charge on any atom is -0.445 e. The van der Waals surface area contributed by atoms with E-state index in [9.17, 15) is 4.79 Å². The Morgan fingerprint density at radius 3 is 3.32 bits per heavy atom. The van der Waals surface area contributed by atoms with E-state index in [1.165, 1.54) is 5.56 Å². The Hall–Kier alpha value is -2.04. The molecular formula is C14H19N3O2. The molecule has 1 aromatic rings. The molecule has 5 nitrogen and oxygen atoms in total. The molecule has 0 aliphatic carbocycles. The van der Waals surface area contributed by atoms with Crippen molar-refractivity contribution in [3.8, 4) is 0 Å². The van der Waals surface area contributed by atoms with E-state index in [1.54, 1.807) is 6.08 Å². The summed E-state index contributed by atoms with van der Waals surface area (Å²) >= 11 is 0. The quantitative estimate of drug-likeness (QED) is 0.818. The largest absolute Gasteiger partial charge is 0.445 e. The van der Waals surface area contributed by atoms with E-state index in [-0.39, 0.29) is 6.61 Å². The Balaban J connectivity index is 1.86. The number of aromatic nitrogens is 1. The van der Waals surface area contributed by atoms with Crippen LogP contribution in [0.4, 0.5) is 10.6 Å². The van der Waals surface area contributed by atoms with Crippen LogP contribution in [0.3, 0.4) is 0 Å². The van der Waals surface area contributed by atoms with Crippen molar-refractivity contribution in [1.29, 1.82) is 0 Å². The van der Waals surface area contributed by atoms with Gasteiger partial charge in [-0.15, -0.1) is 0 Å². The lowest BCUT2D eigenvalue weighted by atomic mass is 9.94. The third kappa shape index (κ3) is 3.98. The van der Waals surface area contributed by atoms with Crippen LogP contribution in [0.2, 0.25) is 0 Å². The van der Waals surface area contributed by atoms with Crippen LogP contribution >= 0.6 is 0 Å². The van der Waals surface area contributed by atoms with Gasteiger partial charge in [0.05, 0.1) is 0 Å². The second-order valence-electron chi connectivity index (χ2n) is 4.45. The molecule has 19 heavy (non-hydrogen) atoms. The number of ether oxygens (including phenoxy) is 1. The van der Waals surface area contributed by atoms with Gasteiger partial charge in [-0.25, -0.2) is 4.79 Å². The Bertz CT molecular complexity index is 477. The molecule has 1 unspecified atom stereocenters. The zero-order valence-corrected chi connectivity index (χ0v) is 11.1. The Morgan fingerprint density at radius 2 is 2.58 bits per heavy atom. The van der Waals surface area contributed by atoms with Gasteiger partial charge in [0.25, 0.3) is 0 Å². The van der Waals surface area contributed by atoms with Crippen molar-refractivity contribution in [1.82, 2.24) is 4.98 Å². The average Bonchev–Trinajstić information content (AvgIpc) is 2.88. The van der Waals surface area contributed by atoms with Gasteiger partial charge >= 0.3 is 6.09 Å². The summed E-state index contributed by atoms with van der Waals surface area (Å²) in [6.45, 7) is 3.05. The SMILES string of the molecule is CC=CCOC(=O)Nc1cc(C2CC=NCC2)c[nH]1. The second-order valence-corrected chi connectivity index (χ2v) is 4.45. The molecule has 102 valence electrons. The van der Waals surface area contributed by atoms with Crippen molar-refractivity contribution in [2.75, 3.05) is 18.5 Å². The maximum atomic E-state index is 11.5. The fraction of sp³-hybridized carbons (Fsp3) is 0.429. The molecule has 1 amide bonds. The molecule has 0 radical (unpaired) electrons. The summed E-state index contributed by atoms with van der Waals surface area (Å²) in [4.78, 5) is 18.7. The standard InChI is InChI=1S/C14H19N3O2/c1-2-3-8-19-14(18)17-13-9-12(10-16-13)11-4-6-15-7-5-11/h2-3,6,9-11,16H,4-5,7-8H2,1H3,(H,17,18). The van der Waals surface area contributed by atoms with Crippen LogP contribution in [0.15, 0.2) is 29.4 Å². The number of H-pyrrole nitrogens is 1. The first kappa shape index (κ1) is 13.4. The molecule has 0 saturated carbocycles. The molecule has 1 aliphatic heterocycles. The van der Waals surface area contributed by atoms with E-state index < -0.39 is 6.09 Å². The van der Waals surface area contributed by atoms with Crippen molar-refractivity contribution in [2.24, 2.45) is 4.99 Å². The highest BCUT2D eigenvalue weighted by Gasteiger charge is 2.15. The Kier molecular flexibility index (Phi) is 4.78. The Labute approximate surface area is 112 Å². The first-order chi connectivity index (χ1) is 9.29. The number of allylic oxidation sites excluding steroid dienone is 1. The van der Waals surface area contributed by atoms with Crippen LogP contribution in [0.5, 0.6) is 0 Å². The predicted molar refractivity (Wildman–Crippen MR) is 75.9 cm³/mol. The topological polar surface area (TPSA) is 66.5 Å². The van der Waals surface area contributed by atoms with Crippen molar-refractivity contribution in [3.05, 3.63) is 30.0 Å². The number of carbonyl (C=O) groups is 1. The highest BCUT2D eigenvalue weighted by molar-refractivity contribution is 5.83. The van der Waals surface area contributed by atoms with E-state index in [0.717, 1.165) is 19.4 Å². The molecule has 1 aliphatic rings. The number of anilines is 1. The number of nitrogens with one attached hydrogen (secondary N) is 2. The van der Waals surface area contributed by atoms with E-state index in [0.29, 0.717) is 11.7 Å². The lowest BCUT2D eigenvalue weighted by Crippen LogP contribution is -2.13. The number of nitrogens with zero attached hydrogens (tertiary/aromatic N) is 1. The van der Waals surface area contributed by atoms with Gasteiger partial charge in [0.15, 0.2) is 0 Å². The number of aliphatic imine (C=N–C) groups is 1. The third-order valence-corrected chi connectivity index (χ3v) is 3.09. The van der Waals surface area contributed by atoms with Crippen LogP contribution in [-0.4, -0.2) is 30.4 Å². The van der Waals surface area contributed by atoms with Gasteiger partial charge in [0.2, 0.25) is 0 Å². The summed E-state index contributed by atoms with van der Waals surface area (Å²) in [6, 6.07) is 1.96. The van der Waals surface area contributed by atoms with Crippen LogP contribution in [0.25, 0.3) is 0 Å². The smallest absolute Gasteiger partial charge is 0.413 e. The second kappa shape index (κ2) is 6.78. The lowest BCUT2D eigenvalue weighted by Gasteiger charge is -2.15. The first-order valence-corrected chi connectivity index (χ1v) is 6.51. The number of rotatable bonds is 4. The highest BCUT2D eigenvalue weighted by atomic mass is 16.5. The highest BCUT2D eigenvalue weighted by Crippen LogP contribution is 2.26. The van der Waals surface area contributed by atoms with Crippen LogP contribution in [0, 0.1) is 0 Å². The van der Waals surface area contributed by atoms with E-state index in [4.69, 9.17) is 4.74 Å². The fourth-order valence-corrected chi connectivity index (χ4v) is 2.03. The van der Waals surface area contributed by atoms with Crippen LogP contribution < -0.4 is 5.32 Å². The predicted octanol–water partition coefficient (Wildman–Crippen LogP) is 3.09. The zero-order valence-electron chi connectivity index (χ0n) is 11.1. The molecule has 2 N–H and O–H groups in total. The summed E-state index contributed by atoms with van der Waals surface area (Å²) in [5, 5.41) is 2.68. The number of hydrogen-bond acceptors (Lipinski definition) is 3. The summed E-state index contributed by atoms with van der Waals surface area (Å²) < 4.78 is 4.96. The number of hydrogen-bond donors (Lipinski definition) is 2. The maximum absolute atomic E-state index is 11.5. The third-order valence-electron chi connectivity index (χ3n) is 3.09. The van der Waals surface area contributed by atoms with Gasteiger partial charge in [-0.2, -0.15) is 0 Å². The van der Waals surface area contributed by atoms with E-state index in [2.05, 4.69) is 15.3 Å². The fourth-order valence-electron chi connectivity index (χ4n) is 2.03. The van der Waals surface area contributed by atoms with Crippen molar-refractivity contribution < 1.29 is 9.53 Å². The molecule has 2 heterocycles. The molecule has 1 atom stereocenters. The van der Waals surface area contributed by atoms with Gasteiger partial charge in [-0.3, -0.25) is 10.3 Å². The van der Waals surface area contributed by atoms with Crippen LogP contribution in [-0.2, 0) is 4.74 Å². The molecule has 1 aromatic heterocycles. The zero-order chi connectivity index (χ0) is 13.5. The number of aromatic amines is 1. The summed E-state index contributed by atoms with van der Waals surface area (Å²) in [5.74, 6) is 1.16. The van der Waals surface area contributed by atoms with Crippen molar-refractivity contribution in [3.63, 3.8) is 0 Å². The van der Waals surface area contributed by atoms with E-state index >= 15 is 0 Å². The molecule has 5 heteroatoms. The molecule has 0 fully saturated rings.